The molecule has 1 aliphatic rings. The van der Waals surface area contributed by atoms with Gasteiger partial charge in [0.05, 0.1) is 11.4 Å². The third-order valence-electron chi connectivity index (χ3n) is 3.46. The van der Waals surface area contributed by atoms with Gasteiger partial charge in [0.25, 0.3) is 5.91 Å². The number of pyridine rings is 1. The molecule has 0 fully saturated rings. The lowest BCUT2D eigenvalue weighted by atomic mass is 10.1. The Bertz CT molecular complexity index is 744. The van der Waals surface area contributed by atoms with E-state index in [9.17, 15) is 4.79 Å². The normalized spacial score (nSPS) is 15.4. The van der Waals surface area contributed by atoms with Crippen molar-refractivity contribution in [2.75, 3.05) is 23.8 Å². The molecule has 6 heteroatoms. The first-order valence-electron chi connectivity index (χ1n) is 7.32. The van der Waals surface area contributed by atoms with Crippen LogP contribution in [0.3, 0.4) is 0 Å². The number of nitrogens with two attached hydrogens (primary N) is 1. The zero-order valence-corrected chi connectivity index (χ0v) is 12.5. The summed E-state index contributed by atoms with van der Waals surface area (Å²) in [5, 5.41) is 9.06. The van der Waals surface area contributed by atoms with Crippen LogP contribution in [0.2, 0.25) is 0 Å². The first-order chi connectivity index (χ1) is 11.2. The van der Waals surface area contributed by atoms with E-state index in [0.717, 1.165) is 0 Å². The quantitative estimate of drug-likeness (QED) is 0.664. The van der Waals surface area contributed by atoms with E-state index in [1.165, 1.54) is 0 Å². The SMILES string of the molecule is Nc1ccc2c(c1)O/C(=C/c1ccccn1)C(=O)N2CCCO. The smallest absolute Gasteiger partial charge is 0.294 e. The monoisotopic (exact) mass is 311 g/mol. The molecule has 0 saturated heterocycles. The summed E-state index contributed by atoms with van der Waals surface area (Å²) in [5.41, 5.74) is 7.64. The van der Waals surface area contributed by atoms with Crippen molar-refractivity contribution in [2.24, 2.45) is 0 Å². The summed E-state index contributed by atoms with van der Waals surface area (Å²) in [7, 11) is 0. The Balaban J connectivity index is 2.01. The van der Waals surface area contributed by atoms with Gasteiger partial charge in [-0.2, -0.15) is 0 Å². The molecule has 3 N–H and O–H groups in total. The number of aliphatic hydroxyl groups excluding tert-OH is 1. The van der Waals surface area contributed by atoms with Crippen LogP contribution in [0.25, 0.3) is 6.08 Å². The Hall–Kier alpha value is -2.86. The standard InChI is InChI=1S/C17H17N3O3/c18-12-5-6-14-15(10-12)23-16(11-13-4-1-2-7-19-13)17(22)20(14)8-3-9-21/h1-2,4-7,10-11,21H,3,8-9,18H2/b16-11+. The molecule has 0 unspecified atom stereocenters. The average Bonchev–Trinajstić information content (AvgIpc) is 2.56. The van der Waals surface area contributed by atoms with Gasteiger partial charge in [0, 0.05) is 37.2 Å². The van der Waals surface area contributed by atoms with E-state index in [0.29, 0.717) is 35.8 Å². The zero-order chi connectivity index (χ0) is 16.2. The number of nitrogens with zero attached hydrogens (tertiary/aromatic N) is 2. The summed E-state index contributed by atoms with van der Waals surface area (Å²) in [5.74, 6) is 0.436. The topological polar surface area (TPSA) is 88.7 Å². The van der Waals surface area contributed by atoms with Crippen LogP contribution < -0.4 is 15.4 Å². The highest BCUT2D eigenvalue weighted by Crippen LogP contribution is 2.37. The van der Waals surface area contributed by atoms with Gasteiger partial charge >= 0.3 is 0 Å². The lowest BCUT2D eigenvalue weighted by Crippen LogP contribution is -2.38. The molecule has 0 bridgehead atoms. The molecule has 0 atom stereocenters. The Morgan fingerprint density at radius 2 is 2.17 bits per heavy atom. The van der Waals surface area contributed by atoms with Crippen molar-refractivity contribution in [2.45, 2.75) is 6.42 Å². The summed E-state index contributed by atoms with van der Waals surface area (Å²) in [4.78, 5) is 18.4. The molecule has 1 amide bonds. The van der Waals surface area contributed by atoms with E-state index in [1.807, 2.05) is 6.07 Å². The summed E-state index contributed by atoms with van der Waals surface area (Å²) < 4.78 is 5.73. The van der Waals surface area contributed by atoms with E-state index in [-0.39, 0.29) is 18.3 Å². The fourth-order valence-electron chi connectivity index (χ4n) is 2.38. The number of rotatable bonds is 4. The van der Waals surface area contributed by atoms with E-state index >= 15 is 0 Å². The molecule has 1 aliphatic heterocycles. The number of aliphatic hydroxyl groups is 1. The highest BCUT2D eigenvalue weighted by molar-refractivity contribution is 6.09. The lowest BCUT2D eigenvalue weighted by molar-refractivity contribution is -0.117. The molecule has 0 radical (unpaired) electrons. The number of hydrogen-bond donors (Lipinski definition) is 2. The molecule has 1 aromatic carbocycles. The predicted molar refractivity (Wildman–Crippen MR) is 87.8 cm³/mol. The first-order valence-corrected chi connectivity index (χ1v) is 7.32. The second kappa shape index (κ2) is 6.50. The highest BCUT2D eigenvalue weighted by atomic mass is 16.5. The molecule has 23 heavy (non-hydrogen) atoms. The molecular formula is C17H17N3O3. The van der Waals surface area contributed by atoms with E-state index < -0.39 is 0 Å². The van der Waals surface area contributed by atoms with Gasteiger partial charge in [-0.3, -0.25) is 9.78 Å². The van der Waals surface area contributed by atoms with Gasteiger partial charge in [-0.05, 0) is 30.7 Å². The maximum Gasteiger partial charge on any atom is 0.294 e. The number of ether oxygens (including phenoxy) is 1. The van der Waals surface area contributed by atoms with Crippen LogP contribution >= 0.6 is 0 Å². The number of benzene rings is 1. The minimum atomic E-state index is -0.263. The summed E-state index contributed by atoms with van der Waals surface area (Å²) in [6, 6.07) is 10.6. The molecule has 118 valence electrons. The molecule has 0 spiro atoms. The zero-order valence-electron chi connectivity index (χ0n) is 12.5. The molecule has 2 aromatic rings. The average molecular weight is 311 g/mol. The Labute approximate surface area is 133 Å². The fraction of sp³-hybridized carbons (Fsp3) is 0.176. The Morgan fingerprint density at radius 3 is 2.91 bits per heavy atom. The van der Waals surface area contributed by atoms with Crippen LogP contribution in [0, 0.1) is 0 Å². The molecule has 2 heterocycles. The van der Waals surface area contributed by atoms with Crippen molar-refractivity contribution in [3.63, 3.8) is 0 Å². The second-order valence-electron chi connectivity index (χ2n) is 5.13. The molecule has 0 saturated carbocycles. The lowest BCUT2D eigenvalue weighted by Gasteiger charge is -2.30. The summed E-state index contributed by atoms with van der Waals surface area (Å²) in [6.45, 7) is 0.406. The van der Waals surface area contributed by atoms with Crippen molar-refractivity contribution in [1.82, 2.24) is 4.98 Å². The van der Waals surface area contributed by atoms with Gasteiger partial charge in [0.2, 0.25) is 0 Å². The molecule has 3 rings (SSSR count). The molecule has 1 aromatic heterocycles. The van der Waals surface area contributed by atoms with Crippen molar-refractivity contribution in [1.29, 1.82) is 0 Å². The van der Waals surface area contributed by atoms with Crippen molar-refractivity contribution < 1.29 is 14.6 Å². The van der Waals surface area contributed by atoms with Crippen LogP contribution in [0.15, 0.2) is 48.4 Å². The fourth-order valence-corrected chi connectivity index (χ4v) is 2.38. The highest BCUT2D eigenvalue weighted by Gasteiger charge is 2.30. The first kappa shape index (κ1) is 15.1. The minimum absolute atomic E-state index is 0.00817. The van der Waals surface area contributed by atoms with Gasteiger partial charge < -0.3 is 20.5 Å². The summed E-state index contributed by atoms with van der Waals surface area (Å²) >= 11 is 0. The van der Waals surface area contributed by atoms with E-state index in [1.54, 1.807) is 47.5 Å². The van der Waals surface area contributed by atoms with Crippen LogP contribution in [0.1, 0.15) is 12.1 Å². The van der Waals surface area contributed by atoms with Crippen LogP contribution in [-0.2, 0) is 4.79 Å². The van der Waals surface area contributed by atoms with Gasteiger partial charge in [-0.15, -0.1) is 0 Å². The van der Waals surface area contributed by atoms with E-state index in [4.69, 9.17) is 15.6 Å². The number of carbonyl (C=O) groups is 1. The van der Waals surface area contributed by atoms with Crippen molar-refractivity contribution in [3.05, 3.63) is 54.0 Å². The number of amides is 1. The van der Waals surface area contributed by atoms with Gasteiger partial charge in [-0.25, -0.2) is 0 Å². The Kier molecular flexibility index (Phi) is 4.25. The van der Waals surface area contributed by atoms with Crippen LogP contribution in [0.5, 0.6) is 5.75 Å². The minimum Gasteiger partial charge on any atom is -0.449 e. The third-order valence-corrected chi connectivity index (χ3v) is 3.46. The van der Waals surface area contributed by atoms with E-state index in [2.05, 4.69) is 4.98 Å². The maximum absolute atomic E-state index is 12.7. The Morgan fingerprint density at radius 1 is 1.30 bits per heavy atom. The predicted octanol–water partition coefficient (Wildman–Crippen LogP) is 1.81. The third kappa shape index (κ3) is 3.17. The number of anilines is 2. The van der Waals surface area contributed by atoms with Gasteiger partial charge in [-0.1, -0.05) is 6.07 Å². The molecular weight excluding hydrogens is 294 g/mol. The van der Waals surface area contributed by atoms with Crippen LogP contribution in [0.4, 0.5) is 11.4 Å². The van der Waals surface area contributed by atoms with Gasteiger partial charge in [0.15, 0.2) is 11.5 Å². The summed E-state index contributed by atoms with van der Waals surface area (Å²) in [6.07, 6.45) is 3.72. The molecule has 6 nitrogen and oxygen atoms in total. The van der Waals surface area contributed by atoms with Gasteiger partial charge in [0.1, 0.15) is 0 Å². The maximum atomic E-state index is 12.7. The molecule has 0 aliphatic carbocycles. The number of carbonyl (C=O) groups excluding carboxylic acids is 1. The number of aromatic nitrogens is 1. The second-order valence-corrected chi connectivity index (χ2v) is 5.13. The number of nitrogen functional groups attached to an aromatic ring is 1. The number of fused-ring (bicyclic) bond motifs is 1. The number of hydrogen-bond acceptors (Lipinski definition) is 5. The van der Waals surface area contributed by atoms with Crippen LogP contribution in [-0.4, -0.2) is 29.1 Å². The largest absolute Gasteiger partial charge is 0.449 e. The van der Waals surface area contributed by atoms with Crippen molar-refractivity contribution in [3.8, 4) is 5.75 Å². The van der Waals surface area contributed by atoms with Crippen molar-refractivity contribution >= 4 is 23.4 Å².